The number of nitrogens with one attached hydrogen (secondary N) is 1. The summed E-state index contributed by atoms with van der Waals surface area (Å²) in [6, 6.07) is 17.2. The van der Waals surface area contributed by atoms with E-state index < -0.39 is 0 Å². The molecule has 4 heteroatoms. The van der Waals surface area contributed by atoms with Gasteiger partial charge < -0.3 is 5.32 Å². The van der Waals surface area contributed by atoms with Gasteiger partial charge in [-0.3, -0.25) is 0 Å². The lowest BCUT2D eigenvalue weighted by Crippen LogP contribution is -2.07. The summed E-state index contributed by atoms with van der Waals surface area (Å²) >= 11 is 3.59. The standard InChI is InChI=1S/C21H22BrN3/c1-2-15-9-11-18(12-10-15)25-21-19(8-3-4-13-23-21)20(24-25)16-6-5-7-17(22)14-16/h5-7,9-12,14,23H,2-4,8,13H2,1H3. The van der Waals surface area contributed by atoms with Crippen LogP contribution >= 0.6 is 15.9 Å². The van der Waals surface area contributed by atoms with Crippen LogP contribution in [0.15, 0.2) is 53.0 Å². The molecule has 0 bridgehead atoms. The molecule has 0 radical (unpaired) electrons. The van der Waals surface area contributed by atoms with Crippen LogP contribution in [0.25, 0.3) is 16.9 Å². The number of nitrogens with zero attached hydrogens (tertiary/aromatic N) is 2. The van der Waals surface area contributed by atoms with Crippen LogP contribution in [0.2, 0.25) is 0 Å². The number of benzene rings is 2. The summed E-state index contributed by atoms with van der Waals surface area (Å²) in [6.45, 7) is 3.19. The first-order valence-corrected chi connectivity index (χ1v) is 9.76. The highest BCUT2D eigenvalue weighted by atomic mass is 79.9. The molecule has 128 valence electrons. The number of aryl methyl sites for hydroxylation is 1. The van der Waals surface area contributed by atoms with Crippen molar-refractivity contribution in [2.45, 2.75) is 32.6 Å². The molecular formula is C21H22BrN3. The summed E-state index contributed by atoms with van der Waals surface area (Å²) in [6.07, 6.45) is 4.51. The van der Waals surface area contributed by atoms with Gasteiger partial charge in [0.1, 0.15) is 5.82 Å². The molecule has 0 atom stereocenters. The van der Waals surface area contributed by atoms with Crippen molar-refractivity contribution in [3.05, 3.63) is 64.1 Å². The van der Waals surface area contributed by atoms with Crippen LogP contribution in [-0.4, -0.2) is 16.3 Å². The zero-order valence-corrected chi connectivity index (χ0v) is 16.0. The maximum Gasteiger partial charge on any atom is 0.133 e. The highest BCUT2D eigenvalue weighted by molar-refractivity contribution is 9.10. The van der Waals surface area contributed by atoms with Crippen LogP contribution in [0, 0.1) is 0 Å². The summed E-state index contributed by atoms with van der Waals surface area (Å²) in [4.78, 5) is 0. The van der Waals surface area contributed by atoms with Gasteiger partial charge in [0, 0.05) is 22.1 Å². The number of aromatic nitrogens is 2. The van der Waals surface area contributed by atoms with Gasteiger partial charge in [0.2, 0.25) is 0 Å². The molecule has 2 heterocycles. The van der Waals surface area contributed by atoms with Crippen LogP contribution in [-0.2, 0) is 12.8 Å². The largest absolute Gasteiger partial charge is 0.370 e. The fraction of sp³-hybridized carbons (Fsp3) is 0.286. The van der Waals surface area contributed by atoms with Crippen molar-refractivity contribution in [2.24, 2.45) is 0 Å². The monoisotopic (exact) mass is 395 g/mol. The molecule has 1 aromatic heterocycles. The quantitative estimate of drug-likeness (QED) is 0.624. The molecule has 0 spiro atoms. The summed E-state index contributed by atoms with van der Waals surface area (Å²) < 4.78 is 3.17. The molecule has 4 rings (SSSR count). The minimum absolute atomic E-state index is 1.00. The molecule has 0 aliphatic carbocycles. The molecule has 1 aliphatic rings. The van der Waals surface area contributed by atoms with Crippen molar-refractivity contribution in [3.8, 4) is 16.9 Å². The Balaban J connectivity index is 1.86. The second-order valence-corrected chi connectivity index (χ2v) is 7.42. The lowest BCUT2D eigenvalue weighted by Gasteiger charge is -2.09. The SMILES string of the molecule is CCc1ccc(-n2nc(-c3cccc(Br)c3)c3c2NCCCC3)cc1. The van der Waals surface area contributed by atoms with Gasteiger partial charge in [0.05, 0.1) is 11.4 Å². The van der Waals surface area contributed by atoms with Gasteiger partial charge in [-0.15, -0.1) is 0 Å². The van der Waals surface area contributed by atoms with Gasteiger partial charge in [-0.25, -0.2) is 4.68 Å². The molecule has 0 amide bonds. The molecule has 0 saturated heterocycles. The van der Waals surface area contributed by atoms with Crippen molar-refractivity contribution in [1.82, 2.24) is 9.78 Å². The average molecular weight is 396 g/mol. The third kappa shape index (κ3) is 3.23. The van der Waals surface area contributed by atoms with E-state index in [9.17, 15) is 0 Å². The first-order chi connectivity index (χ1) is 12.3. The Labute approximate surface area is 157 Å². The van der Waals surface area contributed by atoms with Gasteiger partial charge in [-0.2, -0.15) is 5.10 Å². The minimum atomic E-state index is 1.00. The molecule has 0 fully saturated rings. The minimum Gasteiger partial charge on any atom is -0.370 e. The Morgan fingerprint density at radius 1 is 1.12 bits per heavy atom. The number of halogens is 1. The Morgan fingerprint density at radius 3 is 2.72 bits per heavy atom. The molecule has 3 aromatic rings. The van der Waals surface area contributed by atoms with Crippen molar-refractivity contribution >= 4 is 21.7 Å². The summed E-state index contributed by atoms with van der Waals surface area (Å²) in [5, 5.41) is 8.62. The molecule has 0 saturated carbocycles. The van der Waals surface area contributed by atoms with E-state index >= 15 is 0 Å². The van der Waals surface area contributed by atoms with Crippen LogP contribution in [0.4, 0.5) is 5.82 Å². The van der Waals surface area contributed by atoms with Gasteiger partial charge in [0.15, 0.2) is 0 Å². The Morgan fingerprint density at radius 2 is 1.96 bits per heavy atom. The van der Waals surface area contributed by atoms with Crippen molar-refractivity contribution < 1.29 is 0 Å². The number of anilines is 1. The van der Waals surface area contributed by atoms with Crippen LogP contribution in [0.5, 0.6) is 0 Å². The zero-order chi connectivity index (χ0) is 17.2. The van der Waals surface area contributed by atoms with Gasteiger partial charge >= 0.3 is 0 Å². The number of hydrogen-bond acceptors (Lipinski definition) is 2. The van der Waals surface area contributed by atoms with E-state index in [0.29, 0.717) is 0 Å². The number of fused-ring (bicyclic) bond motifs is 1. The average Bonchev–Trinajstić information content (AvgIpc) is 2.83. The normalized spacial score (nSPS) is 13.8. The van der Waals surface area contributed by atoms with E-state index in [4.69, 9.17) is 5.10 Å². The molecular weight excluding hydrogens is 374 g/mol. The molecule has 25 heavy (non-hydrogen) atoms. The number of rotatable bonds is 3. The first-order valence-electron chi connectivity index (χ1n) is 8.97. The summed E-state index contributed by atoms with van der Waals surface area (Å²) in [5.41, 5.74) is 6.05. The smallest absolute Gasteiger partial charge is 0.133 e. The predicted molar refractivity (Wildman–Crippen MR) is 108 cm³/mol. The topological polar surface area (TPSA) is 29.9 Å². The predicted octanol–water partition coefficient (Wildman–Crippen LogP) is 5.61. The first kappa shape index (κ1) is 16.4. The summed E-state index contributed by atoms with van der Waals surface area (Å²) in [7, 11) is 0. The van der Waals surface area contributed by atoms with Gasteiger partial charge in [-0.1, -0.05) is 47.1 Å². The Bertz CT molecular complexity index is 881. The lowest BCUT2D eigenvalue weighted by atomic mass is 10.0. The van der Waals surface area contributed by atoms with Gasteiger partial charge in [0.25, 0.3) is 0 Å². The zero-order valence-electron chi connectivity index (χ0n) is 14.4. The number of hydrogen-bond donors (Lipinski definition) is 1. The van der Waals surface area contributed by atoms with Crippen LogP contribution in [0.3, 0.4) is 0 Å². The molecule has 2 aromatic carbocycles. The van der Waals surface area contributed by atoms with Gasteiger partial charge in [-0.05, 0) is 55.5 Å². The maximum atomic E-state index is 5.00. The third-order valence-electron chi connectivity index (χ3n) is 4.82. The molecule has 1 N–H and O–H groups in total. The van der Waals surface area contributed by atoms with Crippen LogP contribution < -0.4 is 5.32 Å². The second-order valence-electron chi connectivity index (χ2n) is 6.50. The van der Waals surface area contributed by atoms with Crippen molar-refractivity contribution in [1.29, 1.82) is 0 Å². The molecule has 0 unspecified atom stereocenters. The maximum absolute atomic E-state index is 5.00. The highest BCUT2D eigenvalue weighted by Gasteiger charge is 2.21. The van der Waals surface area contributed by atoms with E-state index in [1.807, 2.05) is 0 Å². The van der Waals surface area contributed by atoms with E-state index in [1.165, 1.54) is 29.5 Å². The van der Waals surface area contributed by atoms with Crippen molar-refractivity contribution in [2.75, 3.05) is 11.9 Å². The Hall–Kier alpha value is -2.07. The highest BCUT2D eigenvalue weighted by Crippen LogP contribution is 2.34. The van der Waals surface area contributed by atoms with E-state index in [-0.39, 0.29) is 0 Å². The molecule has 1 aliphatic heterocycles. The fourth-order valence-electron chi connectivity index (χ4n) is 3.43. The lowest BCUT2D eigenvalue weighted by molar-refractivity contribution is 0.780. The van der Waals surface area contributed by atoms with E-state index in [2.05, 4.69) is 81.4 Å². The van der Waals surface area contributed by atoms with Crippen molar-refractivity contribution in [3.63, 3.8) is 0 Å². The second kappa shape index (κ2) is 7.04. The fourth-order valence-corrected chi connectivity index (χ4v) is 3.83. The van der Waals surface area contributed by atoms with E-state index in [1.54, 1.807) is 0 Å². The van der Waals surface area contributed by atoms with Crippen LogP contribution in [0.1, 0.15) is 30.9 Å². The summed E-state index contributed by atoms with van der Waals surface area (Å²) in [5.74, 6) is 1.15. The molecule has 3 nitrogen and oxygen atoms in total. The Kier molecular flexibility index (Phi) is 4.62. The van der Waals surface area contributed by atoms with E-state index in [0.717, 1.165) is 41.1 Å². The third-order valence-corrected chi connectivity index (χ3v) is 5.31.